The third-order valence-corrected chi connectivity index (χ3v) is 14.8. The maximum atomic E-state index is 5.65. The van der Waals surface area contributed by atoms with Gasteiger partial charge in [-0.1, -0.05) is 522 Å². The minimum atomic E-state index is 0.160. The first kappa shape index (κ1) is 117. The largest absolute Gasteiger partial charge is 0.456 e. The molecule has 3 heterocycles. The molecule has 0 fully saturated rings. The predicted molar refractivity (Wildman–Crippen MR) is 526 cm³/mol. The highest BCUT2D eigenvalue weighted by Gasteiger charge is 2.34. The minimum absolute atomic E-state index is 0.160. The molecule has 2 nitrogen and oxygen atoms in total. The quantitative estimate of drug-likeness (QED) is 0.141. The summed E-state index contributed by atoms with van der Waals surface area (Å²) in [6, 6.07) is 107. The summed E-state index contributed by atoms with van der Waals surface area (Å²) in [4.78, 5) is 3.78. The van der Waals surface area contributed by atoms with E-state index in [0.717, 1.165) is 11.2 Å². The normalized spacial score (nSPS) is 8.79. The van der Waals surface area contributed by atoms with Gasteiger partial charge in [0.05, 0.1) is 0 Å². The van der Waals surface area contributed by atoms with E-state index < -0.39 is 0 Å². The SMILES string of the molecule is CC.CC.CC.CC.CC.CC.CC.CC.CC.CC.CC.CC.CC.CC.CC.CC.CC.CC1(C)c2ccccc2-c2ccccc21.c1ccc2c(c1)ccc1ccccc12.c1ccc2c(c1)oc1ccccc12.c1ccc2c(c1)sc1ccccc12.c1ccc2ccccc2c1.c1ccccc1.c1ccncc1. The van der Waals surface area contributed by atoms with Crippen LogP contribution in [0.15, 0.2) is 326 Å². The Morgan fingerprint density at radius 1 is 0.198 bits per heavy atom. The van der Waals surface area contributed by atoms with Crippen molar-refractivity contribution in [1.29, 1.82) is 0 Å². The third kappa shape index (κ3) is 43.7. The summed E-state index contributed by atoms with van der Waals surface area (Å²) in [5.74, 6) is 0. The number of nitrogens with zero attached hydrogens (tertiary/aromatic N) is 1. The molecule has 3 aromatic heterocycles. The Bertz CT molecular complexity index is 3810. The van der Waals surface area contributed by atoms with Crippen LogP contribution in [0.25, 0.3) is 85.6 Å². The van der Waals surface area contributed by atoms with E-state index >= 15 is 0 Å². The Balaban J connectivity index is -0.000000176. The van der Waals surface area contributed by atoms with Crippen molar-refractivity contribution in [3.8, 4) is 11.1 Å². The molecule has 0 bridgehead atoms. The summed E-state index contributed by atoms with van der Waals surface area (Å²) in [6.45, 7) is 72.6. The van der Waals surface area contributed by atoms with Gasteiger partial charge in [0.25, 0.3) is 0 Å². The Labute approximate surface area is 689 Å². The average Bonchev–Trinajstić information content (AvgIpc) is 1.59. The summed E-state index contributed by atoms with van der Waals surface area (Å²) < 4.78 is 8.41. The Morgan fingerprint density at radius 3 is 0.685 bits per heavy atom. The molecule has 0 radical (unpaired) electrons. The van der Waals surface area contributed by atoms with Crippen molar-refractivity contribution in [3.63, 3.8) is 0 Å². The van der Waals surface area contributed by atoms with E-state index in [1.54, 1.807) is 12.4 Å². The van der Waals surface area contributed by atoms with Gasteiger partial charge in [-0.2, -0.15) is 0 Å². The van der Waals surface area contributed by atoms with Crippen molar-refractivity contribution in [3.05, 3.63) is 333 Å². The number of thiophene rings is 1. The fraction of sp³-hybridized carbons (Fsp3) is 0.343. The van der Waals surface area contributed by atoms with Gasteiger partial charge in [-0.05, 0) is 91.0 Å². The zero-order valence-corrected chi connectivity index (χ0v) is 78.2. The summed E-state index contributed by atoms with van der Waals surface area (Å²) in [7, 11) is 0. The van der Waals surface area contributed by atoms with Crippen molar-refractivity contribution in [2.45, 2.75) is 255 Å². The highest BCUT2D eigenvalue weighted by atomic mass is 32.1. The number of fused-ring (bicyclic) bond motifs is 13. The average molecular weight is 1520 g/mol. The van der Waals surface area contributed by atoms with Crippen LogP contribution in [0.4, 0.5) is 0 Å². The van der Waals surface area contributed by atoms with E-state index in [9.17, 15) is 0 Å². The standard InChI is InChI=1S/C15H14.C14H10.C12H8O.C12H8S.C10H8.C6H6.C5H5N.17C2H6/c1-15(2)13-9-5-3-7-11(13)12-8-4-6-10-14(12)15;1-3-7-13-11(5-1)9-10-12-6-2-4-8-14(12)13;2*1-3-7-11-9(5-1)10-6-2-4-8-12(10)13-11;1-2-6-10-8-4-3-7-9(10)5-1;2*1-2-4-6-5-3-1;17*1-2/h3-10H,1-2H3;1-10H;2*1-8H;1-8H;1-6H;1-5H;17*1-2H3. The Kier molecular flexibility index (Phi) is 92.8. The molecule has 12 aromatic carbocycles. The van der Waals surface area contributed by atoms with Crippen LogP contribution in [0.2, 0.25) is 0 Å². The van der Waals surface area contributed by atoms with Crippen LogP contribution in [-0.2, 0) is 5.41 Å². The zero-order valence-electron chi connectivity index (χ0n) is 77.4. The lowest BCUT2D eigenvalue weighted by Gasteiger charge is -2.20. The maximum Gasteiger partial charge on any atom is 0.135 e. The van der Waals surface area contributed by atoms with Crippen LogP contribution in [0.5, 0.6) is 0 Å². The van der Waals surface area contributed by atoms with E-state index in [4.69, 9.17) is 4.42 Å². The van der Waals surface area contributed by atoms with Gasteiger partial charge >= 0.3 is 0 Å². The molecule has 610 valence electrons. The van der Waals surface area contributed by atoms with E-state index in [-0.39, 0.29) is 5.41 Å². The summed E-state index contributed by atoms with van der Waals surface area (Å²) in [5, 5.41) is 13.1. The minimum Gasteiger partial charge on any atom is -0.456 e. The zero-order chi connectivity index (χ0) is 86.5. The first-order valence-electron chi connectivity index (χ1n) is 43.1. The topological polar surface area (TPSA) is 26.0 Å². The van der Waals surface area contributed by atoms with E-state index in [2.05, 4.69) is 237 Å². The van der Waals surface area contributed by atoms with Gasteiger partial charge in [0.15, 0.2) is 0 Å². The maximum absolute atomic E-state index is 5.65. The predicted octanol–water partition coefficient (Wildman–Crippen LogP) is 38.7. The highest BCUT2D eigenvalue weighted by molar-refractivity contribution is 7.25. The molecule has 0 unspecified atom stereocenters. The van der Waals surface area contributed by atoms with E-state index in [1.165, 1.54) is 85.5 Å². The van der Waals surface area contributed by atoms with Gasteiger partial charge < -0.3 is 4.42 Å². The molecule has 0 amide bonds. The monoisotopic (exact) mass is 1520 g/mol. The molecule has 1 aliphatic rings. The lowest BCUT2D eigenvalue weighted by Crippen LogP contribution is -2.14. The number of hydrogen-bond donors (Lipinski definition) is 0. The van der Waals surface area contributed by atoms with Gasteiger partial charge in [0.2, 0.25) is 0 Å². The second kappa shape index (κ2) is 87.8. The molecule has 0 atom stereocenters. The smallest absolute Gasteiger partial charge is 0.135 e. The molecule has 15 aromatic rings. The van der Waals surface area contributed by atoms with Gasteiger partial charge in [-0.25, -0.2) is 0 Å². The van der Waals surface area contributed by atoms with Crippen LogP contribution in [0, 0.1) is 0 Å². The third-order valence-electron chi connectivity index (χ3n) is 13.6. The fourth-order valence-electron chi connectivity index (χ4n) is 9.81. The van der Waals surface area contributed by atoms with Gasteiger partial charge in [0.1, 0.15) is 11.2 Å². The van der Waals surface area contributed by atoms with Crippen molar-refractivity contribution in [2.75, 3.05) is 0 Å². The van der Waals surface area contributed by atoms with Crippen molar-refractivity contribution >= 4 is 85.8 Å². The number of aromatic nitrogens is 1. The summed E-state index contributed by atoms with van der Waals surface area (Å²) >= 11 is 1.86. The molecule has 0 spiro atoms. The molecular formula is C108H161NOS. The van der Waals surface area contributed by atoms with Gasteiger partial charge in [-0.15, -0.1) is 11.3 Å². The van der Waals surface area contributed by atoms with Crippen LogP contribution < -0.4 is 0 Å². The van der Waals surface area contributed by atoms with Crippen LogP contribution in [0.1, 0.15) is 260 Å². The molecule has 0 saturated heterocycles. The molecule has 0 N–H and O–H groups in total. The molecule has 1 aliphatic carbocycles. The van der Waals surface area contributed by atoms with E-state index in [0.29, 0.717) is 0 Å². The second-order valence-electron chi connectivity index (χ2n) is 18.9. The number of hydrogen-bond acceptors (Lipinski definition) is 3. The lowest BCUT2D eigenvalue weighted by atomic mass is 9.82. The fourth-order valence-corrected chi connectivity index (χ4v) is 10.9. The second-order valence-corrected chi connectivity index (χ2v) is 20.0. The number of para-hydroxylation sites is 2. The first-order valence-corrected chi connectivity index (χ1v) is 43.9. The molecule has 0 saturated carbocycles. The van der Waals surface area contributed by atoms with Crippen molar-refractivity contribution < 1.29 is 4.42 Å². The van der Waals surface area contributed by atoms with Gasteiger partial charge in [0, 0.05) is 48.8 Å². The van der Waals surface area contributed by atoms with E-state index in [1.807, 2.05) is 338 Å². The first-order chi connectivity index (χ1) is 55.0. The van der Waals surface area contributed by atoms with Crippen molar-refractivity contribution in [1.82, 2.24) is 4.98 Å². The van der Waals surface area contributed by atoms with Crippen molar-refractivity contribution in [2.24, 2.45) is 0 Å². The van der Waals surface area contributed by atoms with Crippen LogP contribution >= 0.6 is 11.3 Å². The number of furan rings is 1. The Morgan fingerprint density at radius 2 is 0.414 bits per heavy atom. The summed E-state index contributed by atoms with van der Waals surface area (Å²) in [6.07, 6.45) is 3.50. The number of rotatable bonds is 0. The molecular weight excluding hydrogens is 1360 g/mol. The molecule has 0 aliphatic heterocycles. The number of pyridine rings is 1. The van der Waals surface area contributed by atoms with Crippen LogP contribution in [-0.4, -0.2) is 4.98 Å². The molecule has 111 heavy (non-hydrogen) atoms. The Hall–Kier alpha value is -9.41. The lowest BCUT2D eigenvalue weighted by molar-refractivity contribution is 0.660. The number of benzene rings is 12. The highest BCUT2D eigenvalue weighted by Crippen LogP contribution is 2.48. The summed E-state index contributed by atoms with van der Waals surface area (Å²) in [5.41, 5.74) is 7.79. The van der Waals surface area contributed by atoms with Crippen LogP contribution in [0.3, 0.4) is 0 Å². The molecule has 3 heteroatoms. The van der Waals surface area contributed by atoms with Gasteiger partial charge in [-0.3, -0.25) is 4.98 Å². The molecule has 16 rings (SSSR count).